The molecule has 0 amide bonds. The number of thiocarbonyl (C=S) groups is 1. The minimum Gasteiger partial charge on any atom is -0.206 e. The maximum absolute atomic E-state index is 14.3. The highest BCUT2D eigenvalue weighted by atomic mass is 32.1. The zero-order valence-electron chi connectivity index (χ0n) is 15.6. The van der Waals surface area contributed by atoms with E-state index in [1.165, 1.54) is 24.8 Å². The smallest absolute Gasteiger partial charge is 0.150 e. The fourth-order valence-electron chi connectivity index (χ4n) is 3.35. The molecular weight excluding hydrogens is 384 g/mol. The van der Waals surface area contributed by atoms with Gasteiger partial charge in [-0.25, -0.2) is 8.78 Å². The standard InChI is InChI=1S/C25H17F2NS/c26-23-15-25(28-16-29)24(27)14-22(23)21-12-8-18(9-13-21)5-4-17-6-10-20(11-7-17)19-2-1-3-19/h6-15,19H,1-3H2. The van der Waals surface area contributed by atoms with Crippen LogP contribution in [0.3, 0.4) is 0 Å². The summed E-state index contributed by atoms with van der Waals surface area (Å²) in [6.07, 6.45) is 3.89. The second kappa shape index (κ2) is 8.49. The molecule has 0 bridgehead atoms. The van der Waals surface area contributed by atoms with Crippen LogP contribution in [-0.2, 0) is 0 Å². The van der Waals surface area contributed by atoms with E-state index in [1.54, 1.807) is 24.3 Å². The van der Waals surface area contributed by atoms with Crippen LogP contribution in [0.15, 0.2) is 65.7 Å². The van der Waals surface area contributed by atoms with Crippen LogP contribution in [0.1, 0.15) is 41.9 Å². The summed E-state index contributed by atoms with van der Waals surface area (Å²) in [5.41, 5.74) is 3.72. The van der Waals surface area contributed by atoms with Gasteiger partial charge in [0.15, 0.2) is 0 Å². The molecule has 1 fully saturated rings. The number of aliphatic imine (C=N–C) groups is 1. The van der Waals surface area contributed by atoms with E-state index in [1.807, 2.05) is 5.16 Å². The molecular formula is C25H17F2NS. The monoisotopic (exact) mass is 401 g/mol. The number of rotatable bonds is 3. The van der Waals surface area contributed by atoms with Crippen LogP contribution in [0.25, 0.3) is 11.1 Å². The summed E-state index contributed by atoms with van der Waals surface area (Å²) in [5.74, 6) is 5.77. The fourth-order valence-corrected chi connectivity index (χ4v) is 3.45. The van der Waals surface area contributed by atoms with Crippen LogP contribution in [0, 0.1) is 23.5 Å². The first kappa shape index (κ1) is 19.2. The third-order valence-electron chi connectivity index (χ3n) is 5.24. The Hall–Kier alpha value is -3.12. The van der Waals surface area contributed by atoms with Crippen LogP contribution in [0.4, 0.5) is 14.5 Å². The summed E-state index contributed by atoms with van der Waals surface area (Å²) in [6, 6.07) is 17.6. The number of nitrogens with zero attached hydrogens (tertiary/aromatic N) is 1. The summed E-state index contributed by atoms with van der Waals surface area (Å²) in [4.78, 5) is 3.52. The van der Waals surface area contributed by atoms with Crippen LogP contribution in [0.5, 0.6) is 0 Å². The summed E-state index contributed by atoms with van der Waals surface area (Å²) in [7, 11) is 0. The fraction of sp³-hybridized carbons (Fsp3) is 0.160. The largest absolute Gasteiger partial charge is 0.206 e. The Bertz CT molecular complexity index is 1140. The molecule has 0 aliphatic heterocycles. The number of hydrogen-bond acceptors (Lipinski definition) is 2. The molecule has 0 unspecified atom stereocenters. The highest BCUT2D eigenvalue weighted by Crippen LogP contribution is 2.36. The van der Waals surface area contributed by atoms with Gasteiger partial charge < -0.3 is 0 Å². The summed E-state index contributed by atoms with van der Waals surface area (Å²) >= 11 is 4.44. The van der Waals surface area contributed by atoms with Gasteiger partial charge in [0.1, 0.15) is 17.3 Å². The van der Waals surface area contributed by atoms with E-state index < -0.39 is 11.6 Å². The quantitative estimate of drug-likeness (QED) is 0.261. The lowest BCUT2D eigenvalue weighted by Crippen LogP contribution is -2.08. The molecule has 0 heterocycles. The van der Waals surface area contributed by atoms with E-state index in [2.05, 4.69) is 53.3 Å². The molecule has 0 saturated heterocycles. The second-order valence-corrected chi connectivity index (χ2v) is 7.25. The predicted molar refractivity (Wildman–Crippen MR) is 115 cm³/mol. The van der Waals surface area contributed by atoms with Crippen LogP contribution < -0.4 is 0 Å². The van der Waals surface area contributed by atoms with E-state index in [0.717, 1.165) is 23.3 Å². The van der Waals surface area contributed by atoms with Gasteiger partial charge in [-0.15, -0.1) is 0 Å². The minimum absolute atomic E-state index is 0.160. The lowest BCUT2D eigenvalue weighted by atomic mass is 9.80. The number of halogens is 2. The molecule has 29 heavy (non-hydrogen) atoms. The SMILES string of the molecule is Fc1cc(-c2ccc(C#Cc3ccc(C4CCC4)cc3)cc2)c(F)cc1N=C=S. The first-order valence-electron chi connectivity index (χ1n) is 9.43. The van der Waals surface area contributed by atoms with Gasteiger partial charge in [-0.1, -0.05) is 42.5 Å². The normalized spacial score (nSPS) is 13.0. The molecule has 4 heteroatoms. The Labute approximate surface area is 174 Å². The zero-order chi connectivity index (χ0) is 20.2. The van der Waals surface area contributed by atoms with Gasteiger partial charge in [0.2, 0.25) is 0 Å². The number of isothiocyanates is 1. The van der Waals surface area contributed by atoms with Crippen molar-refractivity contribution >= 4 is 23.1 Å². The van der Waals surface area contributed by atoms with Crippen LogP contribution in [0.2, 0.25) is 0 Å². The molecule has 142 valence electrons. The highest BCUT2D eigenvalue weighted by molar-refractivity contribution is 7.78. The predicted octanol–water partition coefficient (Wildman–Crippen LogP) is 7.03. The Balaban J connectivity index is 1.52. The summed E-state index contributed by atoms with van der Waals surface area (Å²) in [6.45, 7) is 0. The van der Waals surface area contributed by atoms with Crippen molar-refractivity contribution in [3.63, 3.8) is 0 Å². The van der Waals surface area contributed by atoms with Crippen molar-refractivity contribution in [1.29, 1.82) is 0 Å². The van der Waals surface area contributed by atoms with Crippen LogP contribution >= 0.6 is 12.2 Å². The zero-order valence-corrected chi connectivity index (χ0v) is 16.4. The van der Waals surface area contributed by atoms with Crippen molar-refractivity contribution in [2.24, 2.45) is 4.99 Å². The second-order valence-electron chi connectivity index (χ2n) is 7.06. The van der Waals surface area contributed by atoms with Crippen molar-refractivity contribution in [1.82, 2.24) is 0 Å². The van der Waals surface area contributed by atoms with E-state index in [-0.39, 0.29) is 11.3 Å². The third kappa shape index (κ3) is 4.32. The molecule has 1 nitrogen and oxygen atoms in total. The van der Waals surface area contributed by atoms with E-state index in [4.69, 9.17) is 0 Å². The first-order valence-corrected chi connectivity index (χ1v) is 9.84. The van der Waals surface area contributed by atoms with Gasteiger partial charge in [0.05, 0.1) is 5.16 Å². The summed E-state index contributed by atoms with van der Waals surface area (Å²) < 4.78 is 28.3. The Kier molecular flexibility index (Phi) is 5.62. The van der Waals surface area contributed by atoms with Crippen molar-refractivity contribution in [2.45, 2.75) is 25.2 Å². The Morgan fingerprint density at radius 3 is 2.00 bits per heavy atom. The molecule has 0 radical (unpaired) electrons. The van der Waals surface area contributed by atoms with Crippen molar-refractivity contribution in [2.75, 3.05) is 0 Å². The van der Waals surface area contributed by atoms with E-state index >= 15 is 0 Å². The number of benzene rings is 3. The lowest BCUT2D eigenvalue weighted by Gasteiger charge is -2.25. The topological polar surface area (TPSA) is 12.4 Å². The summed E-state index contributed by atoms with van der Waals surface area (Å²) in [5, 5.41) is 2.05. The van der Waals surface area contributed by atoms with Gasteiger partial charge in [-0.2, -0.15) is 4.99 Å². The Morgan fingerprint density at radius 1 is 0.828 bits per heavy atom. The van der Waals surface area contributed by atoms with Gasteiger partial charge in [0, 0.05) is 22.8 Å². The molecule has 0 atom stereocenters. The molecule has 0 spiro atoms. The lowest BCUT2D eigenvalue weighted by molar-refractivity contribution is 0.420. The average molecular weight is 401 g/mol. The van der Waals surface area contributed by atoms with Gasteiger partial charge >= 0.3 is 0 Å². The molecule has 4 rings (SSSR count). The van der Waals surface area contributed by atoms with E-state index in [0.29, 0.717) is 11.5 Å². The van der Waals surface area contributed by atoms with Crippen LogP contribution in [-0.4, -0.2) is 5.16 Å². The number of hydrogen-bond donors (Lipinski definition) is 0. The molecule has 1 aliphatic carbocycles. The average Bonchev–Trinajstić information content (AvgIpc) is 2.69. The molecule has 0 N–H and O–H groups in total. The van der Waals surface area contributed by atoms with E-state index in [9.17, 15) is 8.78 Å². The molecule has 1 saturated carbocycles. The van der Waals surface area contributed by atoms with Crippen molar-refractivity contribution in [3.8, 4) is 23.0 Å². The third-order valence-corrected chi connectivity index (χ3v) is 5.33. The van der Waals surface area contributed by atoms with Gasteiger partial charge in [-0.3, -0.25) is 0 Å². The molecule has 3 aromatic rings. The highest BCUT2D eigenvalue weighted by Gasteiger charge is 2.18. The molecule has 0 aromatic heterocycles. The van der Waals surface area contributed by atoms with Crippen molar-refractivity contribution in [3.05, 3.63) is 89.0 Å². The maximum atomic E-state index is 14.3. The van der Waals surface area contributed by atoms with Gasteiger partial charge in [0.25, 0.3) is 0 Å². The molecule has 3 aromatic carbocycles. The first-order chi connectivity index (χ1) is 14.1. The minimum atomic E-state index is -0.645. The van der Waals surface area contributed by atoms with Gasteiger partial charge in [-0.05, 0) is 72.4 Å². The molecule has 1 aliphatic rings. The maximum Gasteiger partial charge on any atom is 0.150 e. The Morgan fingerprint density at radius 2 is 1.45 bits per heavy atom. The van der Waals surface area contributed by atoms with Crippen molar-refractivity contribution < 1.29 is 8.78 Å².